The average molecular weight is 210 g/mol. The standard InChI is InChI=1S/C10H18N4O/c1-6(2)5-8-12-9(11)14-10(13-8)15-7(3)4/h6-7H,5H2,1-4H3,(H2,11,12,13,14). The van der Waals surface area contributed by atoms with Crippen molar-refractivity contribution in [1.82, 2.24) is 15.0 Å². The maximum absolute atomic E-state index is 5.57. The predicted molar refractivity (Wildman–Crippen MR) is 58.5 cm³/mol. The molecule has 0 amide bonds. The number of nitrogen functional groups attached to an aromatic ring is 1. The summed E-state index contributed by atoms with van der Waals surface area (Å²) in [5.74, 6) is 1.39. The molecular weight excluding hydrogens is 192 g/mol. The fraction of sp³-hybridized carbons (Fsp3) is 0.700. The molecule has 5 nitrogen and oxygen atoms in total. The number of hydrogen-bond donors (Lipinski definition) is 1. The molecule has 0 aliphatic rings. The molecule has 0 fully saturated rings. The summed E-state index contributed by atoms with van der Waals surface area (Å²) in [6.07, 6.45) is 0.819. The summed E-state index contributed by atoms with van der Waals surface area (Å²) in [4.78, 5) is 12.2. The Morgan fingerprint density at radius 3 is 2.33 bits per heavy atom. The molecule has 1 aromatic heterocycles. The van der Waals surface area contributed by atoms with E-state index in [4.69, 9.17) is 10.5 Å². The van der Waals surface area contributed by atoms with Crippen LogP contribution >= 0.6 is 0 Å². The van der Waals surface area contributed by atoms with Gasteiger partial charge in [-0.3, -0.25) is 0 Å². The van der Waals surface area contributed by atoms with E-state index in [-0.39, 0.29) is 12.1 Å². The van der Waals surface area contributed by atoms with Gasteiger partial charge in [0.15, 0.2) is 0 Å². The zero-order valence-corrected chi connectivity index (χ0v) is 9.69. The van der Waals surface area contributed by atoms with Crippen LogP contribution in [0.5, 0.6) is 6.01 Å². The highest BCUT2D eigenvalue weighted by molar-refractivity contribution is 5.18. The number of anilines is 1. The van der Waals surface area contributed by atoms with Crippen molar-refractivity contribution in [3.63, 3.8) is 0 Å². The Kier molecular flexibility index (Phi) is 3.82. The van der Waals surface area contributed by atoms with Crippen molar-refractivity contribution >= 4 is 5.95 Å². The third-order valence-electron chi connectivity index (χ3n) is 1.61. The van der Waals surface area contributed by atoms with Gasteiger partial charge < -0.3 is 10.5 Å². The highest BCUT2D eigenvalue weighted by atomic mass is 16.5. The Morgan fingerprint density at radius 2 is 1.80 bits per heavy atom. The molecule has 1 rings (SSSR count). The van der Waals surface area contributed by atoms with Gasteiger partial charge >= 0.3 is 6.01 Å². The molecule has 0 aliphatic heterocycles. The van der Waals surface area contributed by atoms with Gasteiger partial charge in [-0.2, -0.15) is 15.0 Å². The van der Waals surface area contributed by atoms with Crippen molar-refractivity contribution in [2.24, 2.45) is 5.92 Å². The van der Waals surface area contributed by atoms with Crippen molar-refractivity contribution in [2.75, 3.05) is 5.73 Å². The largest absolute Gasteiger partial charge is 0.461 e. The monoisotopic (exact) mass is 210 g/mol. The van der Waals surface area contributed by atoms with Crippen LogP contribution in [0.25, 0.3) is 0 Å². The maximum atomic E-state index is 5.57. The summed E-state index contributed by atoms with van der Waals surface area (Å²) in [6, 6.07) is 0.313. The molecule has 0 bridgehead atoms. The number of aromatic nitrogens is 3. The van der Waals surface area contributed by atoms with E-state index in [1.54, 1.807) is 0 Å². The van der Waals surface area contributed by atoms with Gasteiger partial charge in [-0.1, -0.05) is 13.8 Å². The number of hydrogen-bond acceptors (Lipinski definition) is 5. The van der Waals surface area contributed by atoms with E-state index >= 15 is 0 Å². The summed E-state index contributed by atoms with van der Waals surface area (Å²) in [6.45, 7) is 8.04. The van der Waals surface area contributed by atoms with E-state index in [9.17, 15) is 0 Å². The Morgan fingerprint density at radius 1 is 1.13 bits per heavy atom. The molecule has 0 atom stereocenters. The molecule has 84 valence electrons. The minimum Gasteiger partial charge on any atom is -0.461 e. The number of nitrogens with two attached hydrogens (primary N) is 1. The Hall–Kier alpha value is -1.39. The first-order valence-corrected chi connectivity index (χ1v) is 5.14. The average Bonchev–Trinajstić information content (AvgIpc) is 1.98. The number of nitrogens with zero attached hydrogens (tertiary/aromatic N) is 3. The minimum atomic E-state index is 0.0405. The molecule has 0 aliphatic carbocycles. The summed E-state index contributed by atoms with van der Waals surface area (Å²) < 4.78 is 5.38. The first-order valence-electron chi connectivity index (χ1n) is 5.14. The Labute approximate surface area is 90.1 Å². The third-order valence-corrected chi connectivity index (χ3v) is 1.61. The van der Waals surface area contributed by atoms with E-state index in [0.717, 1.165) is 6.42 Å². The molecule has 1 heterocycles. The molecule has 0 spiro atoms. The summed E-state index contributed by atoms with van der Waals surface area (Å²) in [5, 5.41) is 0. The molecule has 0 saturated heterocycles. The van der Waals surface area contributed by atoms with Crippen molar-refractivity contribution in [1.29, 1.82) is 0 Å². The highest BCUT2D eigenvalue weighted by Crippen LogP contribution is 2.10. The van der Waals surface area contributed by atoms with Crippen LogP contribution in [-0.4, -0.2) is 21.1 Å². The predicted octanol–water partition coefficient (Wildman–Crippen LogP) is 1.44. The summed E-state index contributed by atoms with van der Waals surface area (Å²) in [7, 11) is 0. The Balaban J connectivity index is 2.84. The molecular formula is C10H18N4O. The zero-order valence-electron chi connectivity index (χ0n) is 9.69. The molecule has 0 aromatic carbocycles. The van der Waals surface area contributed by atoms with Gasteiger partial charge in [0.2, 0.25) is 5.95 Å². The van der Waals surface area contributed by atoms with Gasteiger partial charge in [-0.05, 0) is 19.8 Å². The van der Waals surface area contributed by atoms with Gasteiger partial charge in [0.1, 0.15) is 5.82 Å². The van der Waals surface area contributed by atoms with Crippen molar-refractivity contribution in [3.8, 4) is 6.01 Å². The second-order valence-corrected chi connectivity index (χ2v) is 4.16. The van der Waals surface area contributed by atoms with E-state index in [2.05, 4.69) is 28.8 Å². The summed E-state index contributed by atoms with van der Waals surface area (Å²) >= 11 is 0. The fourth-order valence-electron chi connectivity index (χ4n) is 1.14. The van der Waals surface area contributed by atoms with Gasteiger partial charge in [0.25, 0.3) is 0 Å². The van der Waals surface area contributed by atoms with Crippen molar-refractivity contribution < 1.29 is 4.74 Å². The quantitative estimate of drug-likeness (QED) is 0.814. The zero-order chi connectivity index (χ0) is 11.4. The van der Waals surface area contributed by atoms with E-state index in [1.807, 2.05) is 13.8 Å². The lowest BCUT2D eigenvalue weighted by atomic mass is 10.1. The first kappa shape index (κ1) is 11.7. The SMILES string of the molecule is CC(C)Cc1nc(N)nc(OC(C)C)n1. The molecule has 1 aromatic rings. The van der Waals surface area contributed by atoms with Gasteiger partial charge in [-0.15, -0.1) is 0 Å². The van der Waals surface area contributed by atoms with E-state index < -0.39 is 0 Å². The second-order valence-electron chi connectivity index (χ2n) is 4.16. The van der Waals surface area contributed by atoms with Gasteiger partial charge in [0.05, 0.1) is 6.10 Å². The lowest BCUT2D eigenvalue weighted by Crippen LogP contribution is -2.13. The second kappa shape index (κ2) is 4.91. The van der Waals surface area contributed by atoms with Crippen molar-refractivity contribution in [3.05, 3.63) is 5.82 Å². The number of ether oxygens (including phenoxy) is 1. The van der Waals surface area contributed by atoms with Crippen LogP contribution in [0.4, 0.5) is 5.95 Å². The molecule has 2 N–H and O–H groups in total. The Bertz CT molecular complexity index is 297. The number of rotatable bonds is 4. The molecule has 0 radical (unpaired) electrons. The molecule has 0 saturated carbocycles. The summed E-state index contributed by atoms with van der Waals surface area (Å²) in [5.41, 5.74) is 5.57. The van der Waals surface area contributed by atoms with Gasteiger partial charge in [-0.25, -0.2) is 0 Å². The van der Waals surface area contributed by atoms with Crippen LogP contribution in [0.2, 0.25) is 0 Å². The van der Waals surface area contributed by atoms with Crippen LogP contribution in [0, 0.1) is 5.92 Å². The van der Waals surface area contributed by atoms with Crippen LogP contribution in [0.1, 0.15) is 33.5 Å². The normalized spacial score (nSPS) is 11.1. The minimum absolute atomic E-state index is 0.0405. The molecule has 5 heteroatoms. The smallest absolute Gasteiger partial charge is 0.321 e. The van der Waals surface area contributed by atoms with Crippen molar-refractivity contribution in [2.45, 2.75) is 40.2 Å². The third kappa shape index (κ3) is 4.10. The maximum Gasteiger partial charge on any atom is 0.321 e. The van der Waals surface area contributed by atoms with Crippen LogP contribution in [-0.2, 0) is 6.42 Å². The topological polar surface area (TPSA) is 73.9 Å². The van der Waals surface area contributed by atoms with Crippen LogP contribution in [0.3, 0.4) is 0 Å². The lowest BCUT2D eigenvalue weighted by Gasteiger charge is -2.09. The van der Waals surface area contributed by atoms with Gasteiger partial charge in [0, 0.05) is 6.42 Å². The van der Waals surface area contributed by atoms with Crippen LogP contribution < -0.4 is 10.5 Å². The molecule has 0 unspecified atom stereocenters. The van der Waals surface area contributed by atoms with E-state index in [1.165, 1.54) is 0 Å². The lowest BCUT2D eigenvalue weighted by molar-refractivity contribution is 0.221. The molecule has 15 heavy (non-hydrogen) atoms. The van der Waals surface area contributed by atoms with Crippen LogP contribution in [0.15, 0.2) is 0 Å². The first-order chi connectivity index (χ1) is 6.97. The van der Waals surface area contributed by atoms with E-state index in [0.29, 0.717) is 17.8 Å². The fourth-order valence-corrected chi connectivity index (χ4v) is 1.14. The highest BCUT2D eigenvalue weighted by Gasteiger charge is 2.08.